The maximum Gasteiger partial charge on any atom is 0.253 e. The Morgan fingerprint density at radius 2 is 1.85 bits per heavy atom. The molecule has 0 bridgehead atoms. The van der Waals surface area contributed by atoms with Crippen molar-refractivity contribution in [3.05, 3.63) is 69.8 Å². The fourth-order valence-electron chi connectivity index (χ4n) is 4.24. The van der Waals surface area contributed by atoms with Gasteiger partial charge in [-0.2, -0.15) is 0 Å². The minimum atomic E-state index is -0.296. The lowest BCUT2D eigenvalue weighted by molar-refractivity contribution is 0.113. The molecular weight excluding hydrogens is 457 g/mol. The number of nitrogens with one attached hydrogen (secondary N) is 2. The van der Waals surface area contributed by atoms with E-state index in [0.717, 1.165) is 30.4 Å². The van der Waals surface area contributed by atoms with Crippen LogP contribution in [-0.2, 0) is 17.8 Å². The van der Waals surface area contributed by atoms with E-state index < -0.39 is 0 Å². The lowest BCUT2D eigenvalue weighted by Gasteiger charge is -2.27. The number of nitrogens with zero attached hydrogens (tertiary/aromatic N) is 1. The Hall–Kier alpha value is -3.17. The number of rotatable bonds is 6. The summed E-state index contributed by atoms with van der Waals surface area (Å²) >= 11 is 5.69. The minimum Gasteiger partial charge on any atom is -0.486 e. The van der Waals surface area contributed by atoms with Crippen molar-refractivity contribution in [3.63, 3.8) is 0 Å². The first-order chi connectivity index (χ1) is 16.5. The van der Waals surface area contributed by atoms with Crippen LogP contribution in [0.5, 0.6) is 11.5 Å². The molecule has 3 heterocycles. The molecule has 1 saturated heterocycles. The van der Waals surface area contributed by atoms with Crippen LogP contribution in [0.2, 0.25) is 0 Å². The monoisotopic (exact) mass is 483 g/mol. The number of halogens is 1. The first-order valence-electron chi connectivity index (χ1n) is 11.4. The molecule has 34 heavy (non-hydrogen) atoms. The zero-order valence-corrected chi connectivity index (χ0v) is 19.5. The summed E-state index contributed by atoms with van der Waals surface area (Å²) in [6.45, 7) is 3.06. The van der Waals surface area contributed by atoms with Gasteiger partial charge in [0.15, 0.2) is 16.6 Å². The Labute approximate surface area is 201 Å². The molecule has 0 radical (unpaired) electrons. The predicted molar refractivity (Wildman–Crippen MR) is 131 cm³/mol. The second kappa shape index (κ2) is 9.99. The predicted octanol–water partition coefficient (Wildman–Crippen LogP) is 3.49. The van der Waals surface area contributed by atoms with E-state index in [1.54, 1.807) is 18.2 Å². The van der Waals surface area contributed by atoms with E-state index in [4.69, 9.17) is 26.4 Å². The van der Waals surface area contributed by atoms with Crippen molar-refractivity contribution in [3.8, 4) is 11.5 Å². The third kappa shape index (κ3) is 5.15. The summed E-state index contributed by atoms with van der Waals surface area (Å²) in [5.74, 6) is 0.989. The van der Waals surface area contributed by atoms with Crippen molar-refractivity contribution >= 4 is 28.2 Å². The van der Waals surface area contributed by atoms with Crippen LogP contribution in [0.15, 0.2) is 47.3 Å². The summed E-state index contributed by atoms with van der Waals surface area (Å²) in [6, 6.07) is 11.8. The molecule has 2 aliphatic rings. The third-order valence-electron chi connectivity index (χ3n) is 6.02. The minimum absolute atomic E-state index is 0.128. The van der Waals surface area contributed by atoms with E-state index in [1.807, 2.05) is 17.0 Å². The van der Waals surface area contributed by atoms with Gasteiger partial charge >= 0.3 is 0 Å². The quantitative estimate of drug-likeness (QED) is 0.520. The van der Waals surface area contributed by atoms with E-state index in [9.17, 15) is 9.18 Å². The van der Waals surface area contributed by atoms with Crippen molar-refractivity contribution in [2.24, 2.45) is 0 Å². The molecule has 0 saturated carbocycles. The number of H-pyrrole nitrogens is 1. The number of fused-ring (bicyclic) bond motifs is 2. The molecule has 178 valence electrons. The third-order valence-corrected chi connectivity index (χ3v) is 6.43. The van der Waals surface area contributed by atoms with Crippen molar-refractivity contribution in [1.82, 2.24) is 15.2 Å². The summed E-state index contributed by atoms with van der Waals surface area (Å²) in [7, 11) is 0. The van der Waals surface area contributed by atoms with Crippen LogP contribution in [0, 0.1) is 5.82 Å². The molecular formula is C25H26FN3O4S. The van der Waals surface area contributed by atoms with E-state index in [1.165, 1.54) is 12.1 Å². The molecule has 9 heteroatoms. The van der Waals surface area contributed by atoms with Gasteiger partial charge in [-0.05, 0) is 54.9 Å². The second-order valence-electron chi connectivity index (χ2n) is 8.51. The zero-order chi connectivity index (χ0) is 23.5. The number of thiocarbonyl (C=S) groups is 1. The lowest BCUT2D eigenvalue weighted by atomic mass is 10.1. The van der Waals surface area contributed by atoms with Crippen LogP contribution < -0.4 is 20.3 Å². The van der Waals surface area contributed by atoms with Gasteiger partial charge in [0.2, 0.25) is 0 Å². The summed E-state index contributed by atoms with van der Waals surface area (Å²) in [5.41, 5.74) is 1.93. The van der Waals surface area contributed by atoms with Crippen LogP contribution in [0.3, 0.4) is 0 Å². The molecule has 1 aromatic heterocycles. The highest BCUT2D eigenvalue weighted by Gasteiger charge is 2.19. The largest absolute Gasteiger partial charge is 0.486 e. The number of benzene rings is 2. The SMILES string of the molecule is O=c1[nH]c2cc3c(cc2cc1CN(Cc1ccc(F)cc1)C(=S)NC[C@@H]1CCCO1)OCCO3. The number of aromatic nitrogens is 1. The zero-order valence-electron chi connectivity index (χ0n) is 18.6. The molecule has 7 nitrogen and oxygen atoms in total. The molecule has 0 unspecified atom stereocenters. The van der Waals surface area contributed by atoms with Gasteiger partial charge in [0.25, 0.3) is 5.56 Å². The van der Waals surface area contributed by atoms with Crippen molar-refractivity contribution < 1.29 is 18.6 Å². The molecule has 1 atom stereocenters. The average molecular weight is 484 g/mol. The summed E-state index contributed by atoms with van der Waals surface area (Å²) in [6.07, 6.45) is 2.17. The van der Waals surface area contributed by atoms with Gasteiger partial charge in [0, 0.05) is 36.7 Å². The lowest BCUT2D eigenvalue weighted by Crippen LogP contribution is -2.42. The highest BCUT2D eigenvalue weighted by molar-refractivity contribution is 7.80. The van der Waals surface area contributed by atoms with Gasteiger partial charge in [0.1, 0.15) is 19.0 Å². The van der Waals surface area contributed by atoms with Crippen molar-refractivity contribution in [2.75, 3.05) is 26.4 Å². The standard InChI is InChI=1S/C25H26FN3O4S/c26-19-5-3-16(4-6-19)14-29(25(34)27-13-20-2-1-7-31-20)15-18-10-17-11-22-23(33-9-8-32-22)12-21(17)28-24(18)30/h3-6,10-12,20H,1-2,7-9,13-15H2,(H,27,34)(H,28,30)/t20-/m0/s1. The molecule has 1 fully saturated rings. The Kier molecular flexibility index (Phi) is 6.64. The van der Waals surface area contributed by atoms with E-state index in [0.29, 0.717) is 54.0 Å². The van der Waals surface area contributed by atoms with Gasteiger partial charge in [-0.15, -0.1) is 0 Å². The Bertz CT molecular complexity index is 1240. The Morgan fingerprint density at radius 1 is 1.09 bits per heavy atom. The Balaban J connectivity index is 1.40. The van der Waals surface area contributed by atoms with Crippen LogP contribution in [0.4, 0.5) is 4.39 Å². The van der Waals surface area contributed by atoms with E-state index in [2.05, 4.69) is 10.3 Å². The van der Waals surface area contributed by atoms with Crippen LogP contribution >= 0.6 is 12.2 Å². The van der Waals surface area contributed by atoms with Crippen molar-refractivity contribution in [1.29, 1.82) is 0 Å². The van der Waals surface area contributed by atoms with Gasteiger partial charge in [-0.3, -0.25) is 4.79 Å². The average Bonchev–Trinajstić information content (AvgIpc) is 3.36. The molecule has 2 N–H and O–H groups in total. The number of aromatic amines is 1. The normalized spacial score (nSPS) is 17.0. The molecule has 2 aliphatic heterocycles. The Morgan fingerprint density at radius 3 is 2.59 bits per heavy atom. The highest BCUT2D eigenvalue weighted by atomic mass is 32.1. The van der Waals surface area contributed by atoms with Crippen molar-refractivity contribution in [2.45, 2.75) is 32.0 Å². The molecule has 0 spiro atoms. The molecule has 2 aromatic carbocycles. The smallest absolute Gasteiger partial charge is 0.253 e. The first-order valence-corrected chi connectivity index (χ1v) is 11.8. The highest BCUT2D eigenvalue weighted by Crippen LogP contribution is 2.33. The number of ether oxygens (including phenoxy) is 3. The molecule has 0 amide bonds. The fourth-order valence-corrected chi connectivity index (χ4v) is 4.45. The maximum absolute atomic E-state index is 13.4. The fraction of sp³-hybridized carbons (Fsp3) is 0.360. The van der Waals surface area contributed by atoms with E-state index >= 15 is 0 Å². The topological polar surface area (TPSA) is 75.8 Å². The maximum atomic E-state index is 13.4. The molecule has 0 aliphatic carbocycles. The van der Waals surface area contributed by atoms with E-state index in [-0.39, 0.29) is 24.0 Å². The van der Waals surface area contributed by atoms with Crippen LogP contribution in [0.25, 0.3) is 10.9 Å². The van der Waals surface area contributed by atoms with Crippen LogP contribution in [-0.4, -0.2) is 47.5 Å². The molecule has 3 aromatic rings. The number of pyridine rings is 1. The first kappa shape index (κ1) is 22.6. The number of hydrogen-bond donors (Lipinski definition) is 2. The van der Waals surface area contributed by atoms with Gasteiger partial charge in [-0.1, -0.05) is 12.1 Å². The summed E-state index contributed by atoms with van der Waals surface area (Å²) < 4.78 is 30.4. The van der Waals surface area contributed by atoms with Gasteiger partial charge in [-0.25, -0.2) is 4.39 Å². The van der Waals surface area contributed by atoms with Gasteiger partial charge in [0.05, 0.1) is 18.2 Å². The summed E-state index contributed by atoms with van der Waals surface area (Å²) in [4.78, 5) is 17.8. The molecule has 5 rings (SSSR count). The summed E-state index contributed by atoms with van der Waals surface area (Å²) in [5, 5.41) is 4.65. The van der Waals surface area contributed by atoms with Gasteiger partial charge < -0.3 is 29.4 Å². The number of hydrogen-bond acceptors (Lipinski definition) is 5. The van der Waals surface area contributed by atoms with Crippen LogP contribution in [0.1, 0.15) is 24.0 Å². The second-order valence-corrected chi connectivity index (χ2v) is 8.90.